The second kappa shape index (κ2) is 6.34. The first-order chi connectivity index (χ1) is 11.6. The average molecular weight is 323 g/mol. The maximum atomic E-state index is 14.5. The number of rotatable bonds is 4. The lowest BCUT2D eigenvalue weighted by Crippen LogP contribution is -1.98. The van der Waals surface area contributed by atoms with Crippen molar-refractivity contribution in [2.45, 2.75) is 19.9 Å². The van der Waals surface area contributed by atoms with Gasteiger partial charge in [0.2, 0.25) is 0 Å². The van der Waals surface area contributed by atoms with Crippen molar-refractivity contribution in [3.8, 4) is 17.2 Å². The smallest absolute Gasteiger partial charge is 0.153 e. The van der Waals surface area contributed by atoms with Gasteiger partial charge in [-0.25, -0.2) is 4.39 Å². The highest BCUT2D eigenvalue weighted by molar-refractivity contribution is 5.98. The van der Waals surface area contributed by atoms with Crippen LogP contribution in [0.3, 0.4) is 0 Å². The second-order valence-corrected chi connectivity index (χ2v) is 5.82. The van der Waals surface area contributed by atoms with Gasteiger partial charge >= 0.3 is 0 Å². The van der Waals surface area contributed by atoms with E-state index < -0.39 is 5.82 Å². The summed E-state index contributed by atoms with van der Waals surface area (Å²) < 4.78 is 16.5. The van der Waals surface area contributed by atoms with Gasteiger partial charge in [0.05, 0.1) is 17.3 Å². The number of hydrogen-bond acceptors (Lipinski definition) is 3. The van der Waals surface area contributed by atoms with Gasteiger partial charge in [0, 0.05) is 41.4 Å². The van der Waals surface area contributed by atoms with E-state index in [1.54, 1.807) is 18.2 Å². The first-order valence-electron chi connectivity index (χ1n) is 7.75. The van der Waals surface area contributed by atoms with Crippen LogP contribution in [0.15, 0.2) is 36.5 Å². The van der Waals surface area contributed by atoms with Gasteiger partial charge in [-0.15, -0.1) is 0 Å². The van der Waals surface area contributed by atoms with Crippen molar-refractivity contribution in [2.75, 3.05) is 12.3 Å². The topological polar surface area (TPSA) is 75.0 Å². The van der Waals surface area contributed by atoms with E-state index in [2.05, 4.69) is 6.07 Å². The molecule has 0 atom stereocenters. The Morgan fingerprint density at radius 2 is 2.08 bits per heavy atom. The van der Waals surface area contributed by atoms with Crippen LogP contribution in [0.1, 0.15) is 17.5 Å². The highest BCUT2D eigenvalue weighted by atomic mass is 19.1. The molecule has 1 aromatic heterocycles. The number of nitrogens with two attached hydrogens (primary N) is 1. The number of aromatic nitrogens is 1. The molecule has 0 spiro atoms. The molecule has 3 aromatic rings. The Kier molecular flexibility index (Phi) is 4.24. The van der Waals surface area contributed by atoms with Crippen LogP contribution >= 0.6 is 0 Å². The third-order valence-electron chi connectivity index (χ3n) is 4.22. The number of anilines is 1. The molecule has 0 bridgehead atoms. The minimum absolute atomic E-state index is 0.0803. The molecule has 0 saturated carbocycles. The molecule has 0 unspecified atom stereocenters. The lowest BCUT2D eigenvalue weighted by atomic mass is 10.00. The molecule has 0 fully saturated rings. The van der Waals surface area contributed by atoms with E-state index in [9.17, 15) is 9.65 Å². The van der Waals surface area contributed by atoms with E-state index >= 15 is 0 Å². The molecule has 0 aliphatic rings. The predicted molar refractivity (Wildman–Crippen MR) is 92.9 cm³/mol. The van der Waals surface area contributed by atoms with E-state index in [0.717, 1.165) is 16.5 Å². The summed E-state index contributed by atoms with van der Waals surface area (Å²) in [5.74, 6) is -0.460. The van der Waals surface area contributed by atoms with Crippen LogP contribution in [-0.4, -0.2) is 16.3 Å². The van der Waals surface area contributed by atoms with Crippen LogP contribution in [0.4, 0.5) is 10.1 Å². The molecule has 3 rings (SSSR count). The van der Waals surface area contributed by atoms with Gasteiger partial charge in [0.15, 0.2) is 5.82 Å². The highest BCUT2D eigenvalue weighted by Crippen LogP contribution is 2.35. The molecule has 24 heavy (non-hydrogen) atoms. The number of benzene rings is 2. The molecule has 0 amide bonds. The second-order valence-electron chi connectivity index (χ2n) is 5.82. The number of nitrogen functional groups attached to an aromatic ring is 1. The quantitative estimate of drug-likeness (QED) is 0.720. The predicted octanol–water partition coefficient (Wildman–Crippen LogP) is 3.59. The van der Waals surface area contributed by atoms with Gasteiger partial charge in [0.25, 0.3) is 0 Å². The van der Waals surface area contributed by atoms with Gasteiger partial charge in [-0.05, 0) is 37.1 Å². The van der Waals surface area contributed by atoms with Gasteiger partial charge in [-0.3, -0.25) is 0 Å². The SMILES string of the molecule is Cc1cc2c(cc1C#N)c(-c1cccc(N)c1F)cn2CCCO. The number of fused-ring (bicyclic) bond motifs is 1. The minimum Gasteiger partial charge on any atom is -0.396 e. The first kappa shape index (κ1) is 16.0. The number of aryl methyl sites for hydroxylation is 2. The molecule has 0 saturated heterocycles. The van der Waals surface area contributed by atoms with Crippen molar-refractivity contribution >= 4 is 16.6 Å². The Labute approximate surface area is 139 Å². The molecule has 0 radical (unpaired) electrons. The Hall–Kier alpha value is -2.84. The number of hydrogen-bond donors (Lipinski definition) is 2. The van der Waals surface area contributed by atoms with Crippen molar-refractivity contribution < 1.29 is 9.50 Å². The summed E-state index contributed by atoms with van der Waals surface area (Å²) in [6.07, 6.45) is 2.46. The van der Waals surface area contributed by atoms with E-state index in [0.29, 0.717) is 29.7 Å². The first-order valence-corrected chi connectivity index (χ1v) is 7.75. The molecule has 1 heterocycles. The summed E-state index contributed by atoms with van der Waals surface area (Å²) in [5.41, 5.74) is 9.25. The Bertz CT molecular complexity index is 953. The number of nitrogens with zero attached hydrogens (tertiary/aromatic N) is 2. The van der Waals surface area contributed by atoms with E-state index in [1.165, 1.54) is 6.07 Å². The van der Waals surface area contributed by atoms with Crippen LogP contribution < -0.4 is 5.73 Å². The van der Waals surface area contributed by atoms with Gasteiger partial charge in [0.1, 0.15) is 0 Å². The minimum atomic E-state index is -0.460. The van der Waals surface area contributed by atoms with Crippen LogP contribution in [0.25, 0.3) is 22.0 Å². The Morgan fingerprint density at radius 3 is 2.79 bits per heavy atom. The third-order valence-corrected chi connectivity index (χ3v) is 4.22. The fraction of sp³-hybridized carbons (Fsp3) is 0.211. The zero-order chi connectivity index (χ0) is 17.3. The summed E-state index contributed by atoms with van der Waals surface area (Å²) in [7, 11) is 0. The van der Waals surface area contributed by atoms with Crippen LogP contribution in [0, 0.1) is 24.1 Å². The zero-order valence-electron chi connectivity index (χ0n) is 13.4. The molecule has 3 N–H and O–H groups in total. The molecule has 0 aliphatic carbocycles. The van der Waals surface area contributed by atoms with Crippen LogP contribution in [0.2, 0.25) is 0 Å². The van der Waals surface area contributed by atoms with Crippen molar-refractivity contribution in [2.24, 2.45) is 0 Å². The van der Waals surface area contributed by atoms with Crippen molar-refractivity contribution in [3.05, 3.63) is 53.5 Å². The molecule has 5 heteroatoms. The van der Waals surface area contributed by atoms with Gasteiger partial charge in [-0.1, -0.05) is 12.1 Å². The van der Waals surface area contributed by atoms with Gasteiger partial charge < -0.3 is 15.4 Å². The van der Waals surface area contributed by atoms with E-state index in [1.807, 2.05) is 23.8 Å². The molecule has 0 aliphatic heterocycles. The molecular formula is C19H18FN3O. The number of halogens is 1. The van der Waals surface area contributed by atoms with E-state index in [-0.39, 0.29) is 12.3 Å². The van der Waals surface area contributed by atoms with Gasteiger partial charge in [-0.2, -0.15) is 5.26 Å². The maximum Gasteiger partial charge on any atom is 0.153 e. The van der Waals surface area contributed by atoms with Crippen molar-refractivity contribution in [1.29, 1.82) is 5.26 Å². The largest absolute Gasteiger partial charge is 0.396 e. The lowest BCUT2D eigenvalue weighted by Gasteiger charge is -2.05. The fourth-order valence-corrected chi connectivity index (χ4v) is 2.96. The highest BCUT2D eigenvalue weighted by Gasteiger charge is 2.16. The fourth-order valence-electron chi connectivity index (χ4n) is 2.96. The number of aliphatic hydroxyl groups is 1. The normalized spacial score (nSPS) is 10.9. The summed E-state index contributed by atoms with van der Waals surface area (Å²) >= 11 is 0. The molecular weight excluding hydrogens is 305 g/mol. The molecule has 4 nitrogen and oxygen atoms in total. The monoisotopic (exact) mass is 323 g/mol. The molecule has 2 aromatic carbocycles. The number of nitriles is 1. The molecule has 122 valence electrons. The summed E-state index contributed by atoms with van der Waals surface area (Å²) in [6.45, 7) is 2.57. The van der Waals surface area contributed by atoms with Crippen molar-refractivity contribution in [3.63, 3.8) is 0 Å². The van der Waals surface area contributed by atoms with Crippen molar-refractivity contribution in [1.82, 2.24) is 4.57 Å². The lowest BCUT2D eigenvalue weighted by molar-refractivity contribution is 0.280. The standard InChI is InChI=1S/C19H18FN3O/c1-12-8-18-15(9-13(12)10-21)16(11-23(18)6-3-7-24)14-4-2-5-17(22)19(14)20/h2,4-5,8-9,11,24H,3,6-7,22H2,1H3. The van der Waals surface area contributed by atoms with Crippen LogP contribution in [0.5, 0.6) is 0 Å². The average Bonchev–Trinajstić information content (AvgIpc) is 2.92. The zero-order valence-corrected chi connectivity index (χ0v) is 13.4. The van der Waals surface area contributed by atoms with Crippen LogP contribution in [-0.2, 0) is 6.54 Å². The summed E-state index contributed by atoms with van der Waals surface area (Å²) in [4.78, 5) is 0. The maximum absolute atomic E-state index is 14.5. The summed E-state index contributed by atoms with van der Waals surface area (Å²) in [5, 5.41) is 19.2. The third kappa shape index (κ3) is 2.61. The van der Waals surface area contributed by atoms with E-state index in [4.69, 9.17) is 10.8 Å². The number of aliphatic hydroxyl groups excluding tert-OH is 1. The Morgan fingerprint density at radius 1 is 1.29 bits per heavy atom. The summed E-state index contributed by atoms with van der Waals surface area (Å²) in [6, 6.07) is 10.8. The Balaban J connectivity index is 2.31.